The number of anilines is 1. The van der Waals surface area contributed by atoms with Gasteiger partial charge in [0.25, 0.3) is 0 Å². The van der Waals surface area contributed by atoms with Gasteiger partial charge >= 0.3 is 0 Å². The van der Waals surface area contributed by atoms with Gasteiger partial charge in [-0.3, -0.25) is 0 Å². The summed E-state index contributed by atoms with van der Waals surface area (Å²) in [4.78, 5) is 15.6. The Morgan fingerprint density at radius 1 is 1.45 bits per heavy atom. The normalized spacial score (nSPS) is 19.7. The van der Waals surface area contributed by atoms with E-state index in [0.717, 1.165) is 39.9 Å². The molecule has 5 nitrogen and oxygen atoms in total. The van der Waals surface area contributed by atoms with Crippen molar-refractivity contribution in [3.8, 4) is 0 Å². The van der Waals surface area contributed by atoms with Gasteiger partial charge in [0, 0.05) is 19.2 Å². The molecule has 7 heteroatoms. The first-order valence-corrected chi connectivity index (χ1v) is 8.90. The lowest BCUT2D eigenvalue weighted by molar-refractivity contribution is 0.262. The second kappa shape index (κ2) is 6.24. The standard InChI is InChI=1S/C13H18N4OS2/c1-19-13-16-11-10(20-13)12(15-8-14-11)17-6-3-2-4-9(17)5-7-18/h8-9,18H,2-7H2,1H3. The third-order valence-electron chi connectivity index (χ3n) is 3.69. The Hall–Kier alpha value is -0.920. The predicted octanol–water partition coefficient (Wildman–Crippen LogP) is 2.55. The zero-order valence-electron chi connectivity index (χ0n) is 11.4. The van der Waals surface area contributed by atoms with Gasteiger partial charge in [0.1, 0.15) is 11.0 Å². The molecule has 0 amide bonds. The molecule has 1 saturated heterocycles. The average molecular weight is 310 g/mol. The molecule has 1 unspecified atom stereocenters. The van der Waals surface area contributed by atoms with E-state index in [0.29, 0.717) is 6.04 Å². The minimum absolute atomic E-state index is 0.230. The zero-order chi connectivity index (χ0) is 13.9. The second-order valence-electron chi connectivity index (χ2n) is 4.89. The number of piperidine rings is 1. The van der Waals surface area contributed by atoms with Gasteiger partial charge < -0.3 is 10.0 Å². The van der Waals surface area contributed by atoms with Gasteiger partial charge in [0.2, 0.25) is 0 Å². The average Bonchev–Trinajstić information content (AvgIpc) is 2.91. The first-order valence-electron chi connectivity index (χ1n) is 6.86. The summed E-state index contributed by atoms with van der Waals surface area (Å²) >= 11 is 3.30. The van der Waals surface area contributed by atoms with Crippen LogP contribution in [0.2, 0.25) is 0 Å². The summed E-state index contributed by atoms with van der Waals surface area (Å²) in [6, 6.07) is 0.381. The Balaban J connectivity index is 2.00. The van der Waals surface area contributed by atoms with E-state index < -0.39 is 0 Å². The number of aliphatic hydroxyl groups excluding tert-OH is 1. The van der Waals surface area contributed by atoms with E-state index in [1.165, 1.54) is 12.8 Å². The topological polar surface area (TPSA) is 62.1 Å². The Morgan fingerprint density at radius 3 is 3.15 bits per heavy atom. The summed E-state index contributed by atoms with van der Waals surface area (Å²) in [6.07, 6.45) is 7.97. The molecule has 0 radical (unpaired) electrons. The van der Waals surface area contributed by atoms with Crippen LogP contribution in [0, 0.1) is 0 Å². The molecule has 0 saturated carbocycles. The molecule has 1 N–H and O–H groups in total. The number of aliphatic hydroxyl groups is 1. The van der Waals surface area contributed by atoms with Gasteiger partial charge in [-0.1, -0.05) is 11.8 Å². The Labute approximate surface area is 126 Å². The molecule has 1 fully saturated rings. The van der Waals surface area contributed by atoms with Gasteiger partial charge in [-0.05, 0) is 31.9 Å². The van der Waals surface area contributed by atoms with Crippen molar-refractivity contribution >= 4 is 39.3 Å². The van der Waals surface area contributed by atoms with Crippen molar-refractivity contribution in [1.29, 1.82) is 0 Å². The highest BCUT2D eigenvalue weighted by atomic mass is 32.2. The van der Waals surface area contributed by atoms with Crippen molar-refractivity contribution in [3.05, 3.63) is 6.33 Å². The van der Waals surface area contributed by atoms with E-state index in [4.69, 9.17) is 0 Å². The van der Waals surface area contributed by atoms with Crippen LogP contribution in [0.15, 0.2) is 10.7 Å². The fourth-order valence-electron chi connectivity index (χ4n) is 2.74. The maximum absolute atomic E-state index is 9.27. The van der Waals surface area contributed by atoms with Crippen LogP contribution < -0.4 is 4.90 Å². The van der Waals surface area contributed by atoms with Crippen LogP contribution in [0.4, 0.5) is 5.82 Å². The van der Waals surface area contributed by atoms with Crippen molar-refractivity contribution < 1.29 is 5.11 Å². The van der Waals surface area contributed by atoms with Gasteiger partial charge in [0.15, 0.2) is 15.8 Å². The van der Waals surface area contributed by atoms with Crippen LogP contribution in [0.5, 0.6) is 0 Å². The summed E-state index contributed by atoms with van der Waals surface area (Å²) < 4.78 is 2.10. The minimum atomic E-state index is 0.230. The molecule has 1 aliphatic heterocycles. The van der Waals surface area contributed by atoms with Crippen LogP contribution in [-0.2, 0) is 0 Å². The molecule has 1 atom stereocenters. The van der Waals surface area contributed by atoms with E-state index in [1.807, 2.05) is 6.26 Å². The molecule has 1 aliphatic rings. The number of aromatic nitrogens is 3. The molecule has 3 rings (SSSR count). The van der Waals surface area contributed by atoms with Crippen molar-refractivity contribution in [3.63, 3.8) is 0 Å². The van der Waals surface area contributed by atoms with Gasteiger partial charge in [0.05, 0.1) is 0 Å². The molecule has 3 heterocycles. The van der Waals surface area contributed by atoms with E-state index in [1.54, 1.807) is 29.4 Å². The number of rotatable bonds is 4. The number of thioether (sulfide) groups is 1. The molecule has 0 spiro atoms. The minimum Gasteiger partial charge on any atom is -0.396 e. The first kappa shape index (κ1) is 14.0. The smallest absolute Gasteiger partial charge is 0.176 e. The molecule has 0 bridgehead atoms. The summed E-state index contributed by atoms with van der Waals surface area (Å²) in [5, 5.41) is 9.27. The van der Waals surface area contributed by atoms with Crippen molar-refractivity contribution in [2.24, 2.45) is 0 Å². The number of fused-ring (bicyclic) bond motifs is 1. The van der Waals surface area contributed by atoms with Crippen molar-refractivity contribution in [2.45, 2.75) is 36.1 Å². The number of hydrogen-bond donors (Lipinski definition) is 1. The maximum atomic E-state index is 9.27. The zero-order valence-corrected chi connectivity index (χ0v) is 13.1. The van der Waals surface area contributed by atoms with Crippen LogP contribution in [0.3, 0.4) is 0 Å². The third kappa shape index (κ3) is 2.62. The Bertz CT molecular complexity index is 587. The SMILES string of the molecule is CSc1nc2ncnc(N3CCCCC3CCO)c2s1. The van der Waals surface area contributed by atoms with E-state index >= 15 is 0 Å². The van der Waals surface area contributed by atoms with Crippen LogP contribution in [-0.4, -0.2) is 45.5 Å². The molecule has 0 aliphatic carbocycles. The lowest BCUT2D eigenvalue weighted by Gasteiger charge is -2.36. The van der Waals surface area contributed by atoms with Crippen molar-refractivity contribution in [1.82, 2.24) is 15.0 Å². The predicted molar refractivity (Wildman–Crippen MR) is 83.7 cm³/mol. The van der Waals surface area contributed by atoms with Crippen LogP contribution in [0.25, 0.3) is 10.3 Å². The van der Waals surface area contributed by atoms with Gasteiger partial charge in [-0.15, -0.1) is 11.3 Å². The molecule has 20 heavy (non-hydrogen) atoms. The van der Waals surface area contributed by atoms with Gasteiger partial charge in [-0.2, -0.15) is 0 Å². The second-order valence-corrected chi connectivity index (χ2v) is 6.94. The fourth-order valence-corrected chi connectivity index (χ4v) is 4.26. The van der Waals surface area contributed by atoms with Crippen molar-refractivity contribution in [2.75, 3.05) is 24.3 Å². The number of nitrogens with zero attached hydrogens (tertiary/aromatic N) is 4. The monoisotopic (exact) mass is 310 g/mol. The Kier molecular flexibility index (Phi) is 4.38. The highest BCUT2D eigenvalue weighted by Gasteiger charge is 2.25. The summed E-state index contributed by atoms with van der Waals surface area (Å²) in [7, 11) is 0. The summed E-state index contributed by atoms with van der Waals surface area (Å²) in [5.41, 5.74) is 0.790. The maximum Gasteiger partial charge on any atom is 0.176 e. The number of hydrogen-bond acceptors (Lipinski definition) is 7. The molecule has 2 aromatic rings. The molecule has 0 aromatic carbocycles. The first-order chi connectivity index (χ1) is 9.83. The van der Waals surface area contributed by atoms with Gasteiger partial charge in [-0.25, -0.2) is 15.0 Å². The quantitative estimate of drug-likeness (QED) is 0.876. The largest absolute Gasteiger partial charge is 0.396 e. The Morgan fingerprint density at radius 2 is 2.35 bits per heavy atom. The lowest BCUT2D eigenvalue weighted by Crippen LogP contribution is -2.40. The summed E-state index contributed by atoms with van der Waals surface area (Å²) in [5.74, 6) is 0.992. The molecule has 108 valence electrons. The number of thiazole rings is 1. The van der Waals surface area contributed by atoms with E-state index in [-0.39, 0.29) is 6.61 Å². The van der Waals surface area contributed by atoms with E-state index in [2.05, 4.69) is 19.9 Å². The lowest BCUT2D eigenvalue weighted by atomic mass is 10.00. The van der Waals surface area contributed by atoms with E-state index in [9.17, 15) is 5.11 Å². The fraction of sp³-hybridized carbons (Fsp3) is 0.615. The third-order valence-corrected chi connectivity index (χ3v) is 5.71. The van der Waals surface area contributed by atoms with Crippen LogP contribution >= 0.6 is 23.1 Å². The highest BCUT2D eigenvalue weighted by Crippen LogP contribution is 2.35. The molecular weight excluding hydrogens is 292 g/mol. The van der Waals surface area contributed by atoms with Crippen LogP contribution in [0.1, 0.15) is 25.7 Å². The highest BCUT2D eigenvalue weighted by molar-refractivity contribution is 8.00. The molecular formula is C13H18N4OS2. The summed E-state index contributed by atoms with van der Waals surface area (Å²) in [6.45, 7) is 1.23. The molecule has 2 aromatic heterocycles.